The number of primary sulfonamides is 2. The Balaban J connectivity index is 3.81. The summed E-state index contributed by atoms with van der Waals surface area (Å²) in [5, 5.41) is 9.89. The highest BCUT2D eigenvalue weighted by Gasteiger charge is 2.21. The van der Waals surface area contributed by atoms with E-state index in [1.54, 1.807) is 0 Å². The van der Waals surface area contributed by atoms with Crippen molar-refractivity contribution in [3.8, 4) is 0 Å². The Morgan fingerprint density at radius 2 is 1.47 bits per heavy atom. The third kappa shape index (κ3) is 4.06. The fourth-order valence-corrected chi connectivity index (χ4v) is 3.03. The van der Waals surface area contributed by atoms with Crippen LogP contribution in [0.4, 0.5) is 5.69 Å². The Morgan fingerprint density at radius 1 is 1.00 bits per heavy atom. The summed E-state index contributed by atoms with van der Waals surface area (Å²) in [7, 11) is -8.41. The van der Waals surface area contributed by atoms with Gasteiger partial charge in [0.15, 0.2) is 0 Å². The number of benzene rings is 1. The van der Waals surface area contributed by atoms with Gasteiger partial charge >= 0.3 is 0 Å². The molecule has 7 nitrogen and oxygen atoms in total. The second-order valence-corrected chi connectivity index (χ2v) is 7.52. The molecule has 0 aliphatic carbocycles. The van der Waals surface area contributed by atoms with Crippen LogP contribution in [0, 0.1) is 0 Å². The first-order valence-corrected chi connectivity index (χ1v) is 8.29. The molecule has 0 fully saturated rings. The lowest BCUT2D eigenvalue weighted by Gasteiger charge is -2.09. The minimum atomic E-state index is -4.22. The van der Waals surface area contributed by atoms with Gasteiger partial charge in [-0.25, -0.2) is 27.1 Å². The maximum absolute atomic E-state index is 11.4. The molecule has 106 valence electrons. The lowest BCUT2D eigenvalue weighted by Crippen LogP contribution is -2.18. The molecular weight excluding hydrogens is 337 g/mol. The van der Waals surface area contributed by atoms with E-state index in [4.69, 9.17) is 39.2 Å². The average Bonchev–Trinajstić information content (AvgIpc) is 2.11. The highest BCUT2D eigenvalue weighted by atomic mass is 35.5. The first-order valence-electron chi connectivity index (χ1n) is 4.45. The van der Waals surface area contributed by atoms with E-state index < -0.39 is 29.8 Å². The molecule has 0 amide bonds. The van der Waals surface area contributed by atoms with Crippen molar-refractivity contribution in [2.75, 3.05) is 5.73 Å². The number of nitrogen functional groups attached to an aromatic ring is 1. The Morgan fingerprint density at radius 3 is 1.84 bits per heavy atom. The summed E-state index contributed by atoms with van der Waals surface area (Å²) in [5.74, 6) is 0. The van der Waals surface area contributed by atoms with Crippen LogP contribution in [0.3, 0.4) is 0 Å². The highest BCUT2D eigenvalue weighted by Crippen LogP contribution is 2.28. The summed E-state index contributed by atoms with van der Waals surface area (Å²) in [4.78, 5) is -1.07. The molecule has 19 heavy (non-hydrogen) atoms. The Labute approximate surface area is 120 Å². The fraction of sp³-hybridized carbons (Fsp3) is 0. The van der Waals surface area contributed by atoms with E-state index in [0.29, 0.717) is 0 Å². The van der Waals surface area contributed by atoms with Gasteiger partial charge in [-0.05, 0) is 23.8 Å². The SMILES string of the molecule is Nc1cc(C=C(Cl)Cl)c(S(N)(=O)=O)cc1S(N)(=O)=O. The summed E-state index contributed by atoms with van der Waals surface area (Å²) >= 11 is 10.8. The molecule has 0 heterocycles. The Hall–Kier alpha value is -0.840. The van der Waals surface area contributed by atoms with Crippen molar-refractivity contribution >= 4 is 55.0 Å². The van der Waals surface area contributed by atoms with Crippen LogP contribution in [0.2, 0.25) is 0 Å². The fourth-order valence-electron chi connectivity index (χ4n) is 1.32. The van der Waals surface area contributed by atoms with Crippen LogP contribution in [0.15, 0.2) is 26.4 Å². The molecule has 1 rings (SSSR count). The van der Waals surface area contributed by atoms with Gasteiger partial charge in [-0.2, -0.15) is 0 Å². The molecule has 0 atom stereocenters. The molecule has 0 unspecified atom stereocenters. The monoisotopic (exact) mass is 345 g/mol. The predicted molar refractivity (Wildman–Crippen MR) is 73.3 cm³/mol. The zero-order valence-electron chi connectivity index (χ0n) is 9.17. The number of anilines is 1. The number of rotatable bonds is 3. The first kappa shape index (κ1) is 16.2. The van der Waals surface area contributed by atoms with Gasteiger partial charge in [-0.3, -0.25) is 0 Å². The number of halogens is 2. The van der Waals surface area contributed by atoms with Crippen LogP contribution >= 0.6 is 23.2 Å². The lowest BCUT2D eigenvalue weighted by atomic mass is 10.2. The molecule has 11 heteroatoms. The van der Waals surface area contributed by atoms with Crippen LogP contribution in [-0.4, -0.2) is 16.8 Å². The van der Waals surface area contributed by atoms with Crippen molar-refractivity contribution in [3.63, 3.8) is 0 Å². The third-order valence-corrected chi connectivity index (χ3v) is 4.17. The molecule has 0 aliphatic heterocycles. The Kier molecular flexibility index (Phi) is 4.50. The summed E-state index contributed by atoms with van der Waals surface area (Å²) in [6.07, 6.45) is 1.06. The zero-order chi connectivity index (χ0) is 15.0. The van der Waals surface area contributed by atoms with E-state index in [9.17, 15) is 16.8 Å². The molecule has 0 radical (unpaired) electrons. The number of hydrogen-bond donors (Lipinski definition) is 3. The maximum atomic E-state index is 11.4. The van der Waals surface area contributed by atoms with Gasteiger partial charge in [-0.1, -0.05) is 23.2 Å². The van der Waals surface area contributed by atoms with Crippen molar-refractivity contribution in [1.82, 2.24) is 0 Å². The molecule has 1 aromatic rings. The predicted octanol–water partition coefficient (Wildman–Crippen LogP) is 0.340. The van der Waals surface area contributed by atoms with Crippen LogP contribution in [0.25, 0.3) is 6.08 Å². The number of sulfonamides is 2. The van der Waals surface area contributed by atoms with E-state index in [0.717, 1.165) is 18.2 Å². The summed E-state index contributed by atoms with van der Waals surface area (Å²) in [6, 6.07) is 1.80. The standard InChI is InChI=1S/C8H9Cl2N3O4S2/c9-8(10)2-4-1-5(11)7(19(13,16)17)3-6(4)18(12,14)15/h1-3H,11H2,(H2,12,14,15)(H2,13,16,17). The van der Waals surface area contributed by atoms with Crippen LogP contribution in [0.5, 0.6) is 0 Å². The number of nitrogens with two attached hydrogens (primary N) is 3. The van der Waals surface area contributed by atoms with Gasteiger partial charge in [0, 0.05) is 0 Å². The molecule has 6 N–H and O–H groups in total. The van der Waals surface area contributed by atoms with Gasteiger partial charge in [-0.15, -0.1) is 0 Å². The molecule has 0 aliphatic rings. The normalized spacial score (nSPS) is 12.2. The second-order valence-electron chi connectivity index (χ2n) is 3.45. The maximum Gasteiger partial charge on any atom is 0.240 e. The molecule has 0 spiro atoms. The van der Waals surface area contributed by atoms with Gasteiger partial charge in [0.2, 0.25) is 20.0 Å². The summed E-state index contributed by atoms with van der Waals surface area (Å²) < 4.78 is 45.1. The second kappa shape index (κ2) is 5.27. The first-order chi connectivity index (χ1) is 8.43. The smallest absolute Gasteiger partial charge is 0.240 e. The number of hydrogen-bond acceptors (Lipinski definition) is 5. The van der Waals surface area contributed by atoms with E-state index in [-0.39, 0.29) is 15.7 Å². The third-order valence-electron chi connectivity index (χ3n) is 2.02. The summed E-state index contributed by atoms with van der Waals surface area (Å²) in [5.41, 5.74) is 5.18. The Bertz CT molecular complexity index is 752. The van der Waals surface area contributed by atoms with E-state index in [1.165, 1.54) is 0 Å². The lowest BCUT2D eigenvalue weighted by molar-refractivity contribution is 0.596. The van der Waals surface area contributed by atoms with Crippen LogP contribution in [-0.2, 0) is 20.0 Å². The molecular formula is C8H9Cl2N3O4S2. The van der Waals surface area contributed by atoms with Crippen molar-refractivity contribution < 1.29 is 16.8 Å². The largest absolute Gasteiger partial charge is 0.398 e. The van der Waals surface area contributed by atoms with E-state index in [2.05, 4.69) is 0 Å². The van der Waals surface area contributed by atoms with Gasteiger partial charge in [0.1, 0.15) is 9.39 Å². The van der Waals surface area contributed by atoms with E-state index in [1.807, 2.05) is 0 Å². The minimum absolute atomic E-state index is 0.0487. The molecule has 0 saturated heterocycles. The van der Waals surface area contributed by atoms with Crippen LogP contribution in [0.1, 0.15) is 5.56 Å². The van der Waals surface area contributed by atoms with Crippen LogP contribution < -0.4 is 16.0 Å². The van der Waals surface area contributed by atoms with Gasteiger partial charge in [0.25, 0.3) is 0 Å². The quantitative estimate of drug-likeness (QED) is 0.675. The summed E-state index contributed by atoms with van der Waals surface area (Å²) in [6.45, 7) is 0. The molecule has 0 bridgehead atoms. The van der Waals surface area contributed by atoms with Gasteiger partial charge < -0.3 is 5.73 Å². The zero-order valence-corrected chi connectivity index (χ0v) is 12.3. The van der Waals surface area contributed by atoms with Gasteiger partial charge in [0.05, 0.1) is 10.6 Å². The van der Waals surface area contributed by atoms with Crippen molar-refractivity contribution in [3.05, 3.63) is 22.2 Å². The van der Waals surface area contributed by atoms with Crippen molar-refractivity contribution in [2.45, 2.75) is 9.79 Å². The average molecular weight is 346 g/mol. The minimum Gasteiger partial charge on any atom is -0.398 e. The highest BCUT2D eigenvalue weighted by molar-refractivity contribution is 7.90. The molecule has 0 aromatic heterocycles. The molecule has 1 aromatic carbocycles. The van der Waals surface area contributed by atoms with Crippen molar-refractivity contribution in [1.29, 1.82) is 0 Å². The molecule has 0 saturated carbocycles. The topological polar surface area (TPSA) is 146 Å². The van der Waals surface area contributed by atoms with E-state index >= 15 is 0 Å². The van der Waals surface area contributed by atoms with Crippen molar-refractivity contribution in [2.24, 2.45) is 10.3 Å².